The lowest BCUT2D eigenvalue weighted by Gasteiger charge is -2.12. The van der Waals surface area contributed by atoms with Crippen molar-refractivity contribution in [2.24, 2.45) is 0 Å². The van der Waals surface area contributed by atoms with Crippen LogP contribution in [0.15, 0.2) is 83.5 Å². The molecule has 136 valence electrons. The molecule has 0 aliphatic heterocycles. The zero-order valence-electron chi connectivity index (χ0n) is 14.7. The number of rotatable bonds is 4. The van der Waals surface area contributed by atoms with Crippen molar-refractivity contribution >= 4 is 11.6 Å². The van der Waals surface area contributed by atoms with Crippen LogP contribution in [0.5, 0.6) is 11.6 Å². The van der Waals surface area contributed by atoms with Gasteiger partial charge in [0.1, 0.15) is 5.75 Å². The monoisotopic (exact) mass is 369 g/mol. The lowest BCUT2D eigenvalue weighted by Crippen LogP contribution is -2.05. The molecule has 0 aliphatic carbocycles. The predicted molar refractivity (Wildman–Crippen MR) is 105 cm³/mol. The van der Waals surface area contributed by atoms with Crippen molar-refractivity contribution < 1.29 is 9.15 Å². The summed E-state index contributed by atoms with van der Waals surface area (Å²) < 4.78 is 13.0. The van der Waals surface area contributed by atoms with Gasteiger partial charge in [-0.1, -0.05) is 48.5 Å². The maximum atomic E-state index is 6.16. The van der Waals surface area contributed by atoms with Crippen molar-refractivity contribution in [3.63, 3.8) is 0 Å². The zero-order valence-corrected chi connectivity index (χ0v) is 14.7. The van der Waals surface area contributed by atoms with Crippen molar-refractivity contribution in [2.45, 2.75) is 0 Å². The number of nitrogens with zero attached hydrogens (tertiary/aromatic N) is 4. The van der Waals surface area contributed by atoms with Gasteiger partial charge in [-0.2, -0.15) is 9.50 Å². The quantitative estimate of drug-likeness (QED) is 0.504. The van der Waals surface area contributed by atoms with E-state index in [1.807, 2.05) is 60.7 Å². The highest BCUT2D eigenvalue weighted by atomic mass is 16.5. The molecule has 0 bridgehead atoms. The van der Waals surface area contributed by atoms with Crippen LogP contribution in [0.4, 0.5) is 5.95 Å². The summed E-state index contributed by atoms with van der Waals surface area (Å²) in [5.41, 5.74) is 8.29. The van der Waals surface area contributed by atoms with Crippen LogP contribution in [0.2, 0.25) is 0 Å². The van der Waals surface area contributed by atoms with Gasteiger partial charge in [-0.3, -0.25) is 0 Å². The molecule has 0 saturated heterocycles. The maximum Gasteiger partial charge on any atom is 0.234 e. The summed E-state index contributed by atoms with van der Waals surface area (Å²) in [6.45, 7) is 0. The lowest BCUT2D eigenvalue weighted by atomic mass is 10.1. The summed E-state index contributed by atoms with van der Waals surface area (Å²) in [4.78, 5) is 9.11. The molecule has 0 unspecified atom stereocenters. The summed E-state index contributed by atoms with van der Waals surface area (Å²) in [7, 11) is 0. The first-order valence-electron chi connectivity index (χ1n) is 8.68. The minimum Gasteiger partial charge on any atom is -0.461 e. The number of benzene rings is 2. The maximum absolute atomic E-state index is 6.16. The molecule has 0 fully saturated rings. The van der Waals surface area contributed by atoms with E-state index in [0.717, 1.165) is 5.56 Å². The van der Waals surface area contributed by atoms with Crippen LogP contribution in [0.3, 0.4) is 0 Å². The number of nitrogens with two attached hydrogens (primary N) is 1. The molecular weight excluding hydrogens is 354 g/mol. The van der Waals surface area contributed by atoms with E-state index in [4.69, 9.17) is 14.9 Å². The molecule has 0 amide bonds. The lowest BCUT2D eigenvalue weighted by molar-refractivity contribution is 0.464. The second-order valence-electron chi connectivity index (χ2n) is 6.08. The van der Waals surface area contributed by atoms with E-state index in [1.54, 1.807) is 18.4 Å². The standard InChI is InChI=1S/C21H15N5O2/c22-21-24-20(28-15-10-5-2-6-11-15)17(14-8-3-1-4-9-14)19-23-18(25-26(19)21)16-12-7-13-27-16/h1-13H,(H2,22,24). The van der Waals surface area contributed by atoms with Crippen LogP contribution in [-0.2, 0) is 0 Å². The molecule has 0 aliphatic rings. The Balaban J connectivity index is 1.76. The highest BCUT2D eigenvalue weighted by Gasteiger charge is 2.21. The van der Waals surface area contributed by atoms with E-state index < -0.39 is 0 Å². The zero-order chi connectivity index (χ0) is 18.9. The number of hydrogen-bond acceptors (Lipinski definition) is 6. The highest BCUT2D eigenvalue weighted by molar-refractivity contribution is 5.83. The molecule has 0 saturated carbocycles. The van der Waals surface area contributed by atoms with E-state index in [9.17, 15) is 0 Å². The van der Waals surface area contributed by atoms with Crippen molar-refractivity contribution in [3.8, 4) is 34.3 Å². The molecule has 2 N–H and O–H groups in total. The van der Waals surface area contributed by atoms with Crippen LogP contribution in [0, 0.1) is 0 Å². The smallest absolute Gasteiger partial charge is 0.234 e. The Bertz CT molecular complexity index is 1230. The molecule has 7 nitrogen and oxygen atoms in total. The van der Waals surface area contributed by atoms with Crippen LogP contribution in [0.1, 0.15) is 0 Å². The molecule has 7 heteroatoms. The number of ether oxygens (including phenoxy) is 1. The number of furan rings is 1. The first-order chi connectivity index (χ1) is 13.8. The Kier molecular flexibility index (Phi) is 3.76. The van der Waals surface area contributed by atoms with Crippen molar-refractivity contribution in [2.75, 3.05) is 5.73 Å². The fraction of sp³-hybridized carbons (Fsp3) is 0. The van der Waals surface area contributed by atoms with Gasteiger partial charge in [0, 0.05) is 0 Å². The average molecular weight is 369 g/mol. The van der Waals surface area contributed by atoms with Crippen LogP contribution in [0.25, 0.3) is 28.4 Å². The third-order valence-electron chi connectivity index (χ3n) is 4.24. The topological polar surface area (TPSA) is 91.5 Å². The normalized spacial score (nSPS) is 11.0. The first kappa shape index (κ1) is 16.1. The fourth-order valence-corrected chi connectivity index (χ4v) is 2.98. The molecule has 0 spiro atoms. The van der Waals surface area contributed by atoms with Gasteiger partial charge in [0.25, 0.3) is 0 Å². The SMILES string of the molecule is Nc1nc(Oc2ccccc2)c(-c2ccccc2)c2nc(-c3ccco3)nn12. The van der Waals surface area contributed by atoms with E-state index in [2.05, 4.69) is 15.1 Å². The minimum absolute atomic E-state index is 0.172. The summed E-state index contributed by atoms with van der Waals surface area (Å²) in [5.74, 6) is 2.16. The molecule has 5 rings (SSSR count). The van der Waals surface area contributed by atoms with Gasteiger partial charge in [-0.25, -0.2) is 4.98 Å². The third-order valence-corrected chi connectivity index (χ3v) is 4.24. The molecular formula is C21H15N5O2. The van der Waals surface area contributed by atoms with Gasteiger partial charge in [-0.05, 0) is 29.8 Å². The second-order valence-corrected chi connectivity index (χ2v) is 6.08. The minimum atomic E-state index is 0.172. The summed E-state index contributed by atoms with van der Waals surface area (Å²) in [5, 5.41) is 4.46. The Morgan fingerprint density at radius 2 is 1.61 bits per heavy atom. The van der Waals surface area contributed by atoms with E-state index in [-0.39, 0.29) is 5.95 Å². The molecule has 5 aromatic rings. The van der Waals surface area contributed by atoms with Crippen molar-refractivity contribution in [3.05, 3.63) is 79.1 Å². The Morgan fingerprint density at radius 1 is 0.857 bits per heavy atom. The predicted octanol–water partition coefficient (Wildman–Crippen LogP) is 4.43. The number of nitrogen functional groups attached to an aromatic ring is 1. The Hall–Kier alpha value is -4.13. The van der Waals surface area contributed by atoms with E-state index in [1.165, 1.54) is 4.52 Å². The van der Waals surface area contributed by atoms with Crippen LogP contribution >= 0.6 is 0 Å². The van der Waals surface area contributed by atoms with E-state index in [0.29, 0.717) is 34.4 Å². The fourth-order valence-electron chi connectivity index (χ4n) is 2.98. The van der Waals surface area contributed by atoms with Crippen molar-refractivity contribution in [1.82, 2.24) is 19.6 Å². The summed E-state index contributed by atoms with van der Waals surface area (Å²) >= 11 is 0. The Labute approximate surface area is 160 Å². The Morgan fingerprint density at radius 3 is 2.32 bits per heavy atom. The third kappa shape index (κ3) is 2.75. The first-order valence-corrected chi connectivity index (χ1v) is 8.68. The van der Waals surface area contributed by atoms with Gasteiger partial charge in [0.05, 0.1) is 11.8 Å². The largest absolute Gasteiger partial charge is 0.461 e. The molecule has 0 radical (unpaired) electrons. The van der Waals surface area contributed by atoms with Gasteiger partial charge in [-0.15, -0.1) is 5.10 Å². The van der Waals surface area contributed by atoms with Crippen LogP contribution < -0.4 is 10.5 Å². The van der Waals surface area contributed by atoms with Gasteiger partial charge in [0.15, 0.2) is 11.4 Å². The van der Waals surface area contributed by atoms with Gasteiger partial charge < -0.3 is 14.9 Å². The molecule has 3 heterocycles. The molecule has 28 heavy (non-hydrogen) atoms. The van der Waals surface area contributed by atoms with E-state index >= 15 is 0 Å². The van der Waals surface area contributed by atoms with Crippen LogP contribution in [-0.4, -0.2) is 19.6 Å². The van der Waals surface area contributed by atoms with Gasteiger partial charge in [0.2, 0.25) is 17.7 Å². The van der Waals surface area contributed by atoms with Crippen molar-refractivity contribution in [1.29, 1.82) is 0 Å². The molecule has 2 aromatic carbocycles. The average Bonchev–Trinajstić information content (AvgIpc) is 3.40. The summed E-state index contributed by atoms with van der Waals surface area (Å²) in [6, 6.07) is 22.8. The molecule has 3 aromatic heterocycles. The number of aromatic nitrogens is 4. The molecule has 0 atom stereocenters. The number of hydrogen-bond donors (Lipinski definition) is 1. The number of anilines is 1. The number of fused-ring (bicyclic) bond motifs is 1. The second kappa shape index (κ2) is 6.55. The van der Waals surface area contributed by atoms with Gasteiger partial charge >= 0.3 is 0 Å². The number of para-hydroxylation sites is 1. The highest BCUT2D eigenvalue weighted by Crippen LogP contribution is 2.36. The summed E-state index contributed by atoms with van der Waals surface area (Å²) in [6.07, 6.45) is 1.57.